The highest BCUT2D eigenvalue weighted by Crippen LogP contribution is 2.27. The van der Waals surface area contributed by atoms with Crippen LogP contribution in [0.25, 0.3) is 0 Å². The summed E-state index contributed by atoms with van der Waals surface area (Å²) in [5, 5.41) is 2.87. The zero-order valence-electron chi connectivity index (χ0n) is 11.7. The summed E-state index contributed by atoms with van der Waals surface area (Å²) in [6.45, 7) is 4.14. The Hall–Kier alpha value is -1.91. The number of halogens is 1. The number of para-hydroxylation sites is 1. The highest BCUT2D eigenvalue weighted by atomic mass is 19.1. The molecule has 0 radical (unpaired) electrons. The summed E-state index contributed by atoms with van der Waals surface area (Å²) in [7, 11) is 0. The third-order valence-electron chi connectivity index (χ3n) is 3.64. The molecular weight excluding hydrogens is 259 g/mol. The van der Waals surface area contributed by atoms with Gasteiger partial charge in [-0.05, 0) is 25.5 Å². The molecule has 1 aromatic carbocycles. The molecule has 0 bridgehead atoms. The van der Waals surface area contributed by atoms with Crippen LogP contribution in [0.3, 0.4) is 0 Å². The average molecular weight is 278 g/mol. The predicted molar refractivity (Wildman–Crippen MR) is 74.8 cm³/mol. The first-order chi connectivity index (χ1) is 9.52. The van der Waals surface area contributed by atoms with Crippen molar-refractivity contribution in [3.8, 4) is 0 Å². The molecule has 5 heteroatoms. The molecule has 1 aliphatic rings. The van der Waals surface area contributed by atoms with Gasteiger partial charge in [-0.15, -0.1) is 0 Å². The van der Waals surface area contributed by atoms with Crippen LogP contribution in [0.1, 0.15) is 26.7 Å². The van der Waals surface area contributed by atoms with Gasteiger partial charge >= 0.3 is 0 Å². The van der Waals surface area contributed by atoms with Gasteiger partial charge in [0.1, 0.15) is 5.82 Å². The van der Waals surface area contributed by atoms with Crippen LogP contribution in [0.15, 0.2) is 24.3 Å². The first kappa shape index (κ1) is 14.5. The van der Waals surface area contributed by atoms with E-state index >= 15 is 0 Å². The van der Waals surface area contributed by atoms with Crippen LogP contribution >= 0.6 is 0 Å². The molecule has 1 N–H and O–H groups in total. The molecule has 108 valence electrons. The minimum Gasteiger partial charge on any atom is -0.353 e. The molecule has 0 unspecified atom stereocenters. The molecular formula is C15H19FN2O2. The lowest BCUT2D eigenvalue weighted by molar-refractivity contribution is -0.126. The lowest BCUT2D eigenvalue weighted by Crippen LogP contribution is -2.38. The lowest BCUT2D eigenvalue weighted by atomic mass is 10.1. The van der Waals surface area contributed by atoms with Crippen LogP contribution in [0, 0.1) is 11.7 Å². The van der Waals surface area contributed by atoms with Crippen molar-refractivity contribution in [3.05, 3.63) is 30.1 Å². The van der Waals surface area contributed by atoms with Crippen molar-refractivity contribution in [2.75, 3.05) is 11.4 Å². The van der Waals surface area contributed by atoms with E-state index in [2.05, 4.69) is 5.32 Å². The highest BCUT2D eigenvalue weighted by Gasteiger charge is 2.36. The number of nitrogens with zero attached hydrogens (tertiary/aromatic N) is 1. The first-order valence-electron chi connectivity index (χ1n) is 6.88. The van der Waals surface area contributed by atoms with E-state index in [0.717, 1.165) is 6.42 Å². The number of amides is 2. The van der Waals surface area contributed by atoms with Crippen molar-refractivity contribution < 1.29 is 14.0 Å². The summed E-state index contributed by atoms with van der Waals surface area (Å²) in [6, 6.07) is 6.21. The van der Waals surface area contributed by atoms with Gasteiger partial charge in [-0.2, -0.15) is 0 Å². The largest absolute Gasteiger partial charge is 0.353 e. The van der Waals surface area contributed by atoms with Crippen LogP contribution in [0.4, 0.5) is 10.1 Å². The summed E-state index contributed by atoms with van der Waals surface area (Å²) in [6.07, 6.45) is 0.972. The minimum absolute atomic E-state index is 0.0834. The summed E-state index contributed by atoms with van der Waals surface area (Å²) >= 11 is 0. The Morgan fingerprint density at radius 3 is 2.85 bits per heavy atom. The van der Waals surface area contributed by atoms with Gasteiger partial charge in [0.2, 0.25) is 11.8 Å². The summed E-state index contributed by atoms with van der Waals surface area (Å²) in [5.41, 5.74) is 0.247. The number of hydrogen-bond donors (Lipinski definition) is 1. The Morgan fingerprint density at radius 2 is 2.20 bits per heavy atom. The van der Waals surface area contributed by atoms with Crippen LogP contribution < -0.4 is 10.2 Å². The van der Waals surface area contributed by atoms with E-state index < -0.39 is 11.7 Å². The molecule has 1 aromatic rings. The Balaban J connectivity index is 2.08. The number of rotatable bonds is 4. The SMILES string of the molecule is CC[C@H](C)NC(=O)[C@@H]1CC(=O)N(c2ccccc2F)C1. The van der Waals surface area contributed by atoms with Crippen LogP contribution in [-0.2, 0) is 9.59 Å². The van der Waals surface area contributed by atoms with E-state index in [1.807, 2.05) is 13.8 Å². The normalized spacial score (nSPS) is 20.1. The highest BCUT2D eigenvalue weighted by molar-refractivity contribution is 6.00. The fourth-order valence-corrected chi connectivity index (χ4v) is 2.25. The number of hydrogen-bond acceptors (Lipinski definition) is 2. The molecule has 2 atom stereocenters. The van der Waals surface area contributed by atoms with Crippen molar-refractivity contribution in [1.82, 2.24) is 5.32 Å². The molecule has 1 aliphatic heterocycles. The number of nitrogens with one attached hydrogen (secondary N) is 1. The van der Waals surface area contributed by atoms with Gasteiger partial charge in [0.05, 0.1) is 11.6 Å². The van der Waals surface area contributed by atoms with Gasteiger partial charge in [-0.25, -0.2) is 4.39 Å². The third-order valence-corrected chi connectivity index (χ3v) is 3.64. The predicted octanol–water partition coefficient (Wildman–Crippen LogP) is 2.09. The second kappa shape index (κ2) is 6.03. The molecule has 1 heterocycles. The number of carbonyl (C=O) groups excluding carboxylic acids is 2. The van der Waals surface area contributed by atoms with E-state index in [1.165, 1.54) is 11.0 Å². The quantitative estimate of drug-likeness (QED) is 0.917. The van der Waals surface area contributed by atoms with Gasteiger partial charge in [0.15, 0.2) is 0 Å². The fourth-order valence-electron chi connectivity index (χ4n) is 2.25. The van der Waals surface area contributed by atoms with Gasteiger partial charge in [0.25, 0.3) is 0 Å². The van der Waals surface area contributed by atoms with Crippen molar-refractivity contribution in [2.45, 2.75) is 32.7 Å². The van der Waals surface area contributed by atoms with Crippen LogP contribution in [-0.4, -0.2) is 24.4 Å². The molecule has 0 aliphatic carbocycles. The molecule has 1 saturated heterocycles. The molecule has 4 nitrogen and oxygen atoms in total. The average Bonchev–Trinajstić information content (AvgIpc) is 2.81. The molecule has 2 amide bonds. The standard InChI is InChI=1S/C15H19FN2O2/c1-3-10(2)17-15(20)11-8-14(19)18(9-11)13-7-5-4-6-12(13)16/h4-7,10-11H,3,8-9H2,1-2H3,(H,17,20)/t10-,11+/m0/s1. The van der Waals surface area contributed by atoms with Crippen molar-refractivity contribution in [2.24, 2.45) is 5.92 Å². The van der Waals surface area contributed by atoms with Crippen LogP contribution in [0.5, 0.6) is 0 Å². The Bertz CT molecular complexity index is 518. The summed E-state index contributed by atoms with van der Waals surface area (Å²) in [4.78, 5) is 25.4. The van der Waals surface area contributed by atoms with E-state index in [0.29, 0.717) is 0 Å². The zero-order valence-corrected chi connectivity index (χ0v) is 11.7. The van der Waals surface area contributed by atoms with Gasteiger partial charge < -0.3 is 10.2 Å². The number of anilines is 1. The number of carbonyl (C=O) groups is 2. The molecule has 0 aromatic heterocycles. The molecule has 0 spiro atoms. The van der Waals surface area contributed by atoms with Crippen molar-refractivity contribution in [1.29, 1.82) is 0 Å². The maximum atomic E-state index is 13.7. The number of benzene rings is 1. The van der Waals surface area contributed by atoms with Crippen molar-refractivity contribution in [3.63, 3.8) is 0 Å². The molecule has 0 saturated carbocycles. The fraction of sp³-hybridized carbons (Fsp3) is 0.467. The Kier molecular flexibility index (Phi) is 4.37. The van der Waals surface area contributed by atoms with Crippen LogP contribution in [0.2, 0.25) is 0 Å². The van der Waals surface area contributed by atoms with Gasteiger partial charge in [0, 0.05) is 19.0 Å². The minimum atomic E-state index is -0.441. The Morgan fingerprint density at radius 1 is 1.50 bits per heavy atom. The lowest BCUT2D eigenvalue weighted by Gasteiger charge is -2.18. The maximum absolute atomic E-state index is 13.7. The van der Waals surface area contributed by atoms with E-state index in [9.17, 15) is 14.0 Å². The summed E-state index contributed by atoms with van der Waals surface area (Å²) in [5.74, 6) is -1.19. The monoisotopic (exact) mass is 278 g/mol. The van der Waals surface area contributed by atoms with E-state index in [4.69, 9.17) is 0 Å². The molecule has 2 rings (SSSR count). The smallest absolute Gasteiger partial charge is 0.227 e. The molecule has 1 fully saturated rings. The zero-order chi connectivity index (χ0) is 14.7. The maximum Gasteiger partial charge on any atom is 0.227 e. The van der Waals surface area contributed by atoms with E-state index in [1.54, 1.807) is 18.2 Å². The second-order valence-corrected chi connectivity index (χ2v) is 5.17. The van der Waals surface area contributed by atoms with Gasteiger partial charge in [-0.1, -0.05) is 19.1 Å². The van der Waals surface area contributed by atoms with E-state index in [-0.39, 0.29) is 36.5 Å². The first-order valence-corrected chi connectivity index (χ1v) is 6.88. The molecule has 20 heavy (non-hydrogen) atoms. The summed E-state index contributed by atoms with van der Waals surface area (Å²) < 4.78 is 13.7. The topological polar surface area (TPSA) is 49.4 Å². The Labute approximate surface area is 118 Å². The second-order valence-electron chi connectivity index (χ2n) is 5.17. The third kappa shape index (κ3) is 2.98. The van der Waals surface area contributed by atoms with Crippen molar-refractivity contribution >= 4 is 17.5 Å². The van der Waals surface area contributed by atoms with Gasteiger partial charge in [-0.3, -0.25) is 9.59 Å².